The molecular formula is C11H18BrN3O. The van der Waals surface area contributed by atoms with Crippen LogP contribution in [0.4, 0.5) is 5.82 Å². The number of aliphatic hydroxyl groups is 1. The Hall–Kier alpha value is -0.680. The zero-order valence-corrected chi connectivity index (χ0v) is 11.1. The van der Waals surface area contributed by atoms with E-state index < -0.39 is 0 Å². The molecule has 0 saturated carbocycles. The van der Waals surface area contributed by atoms with Crippen molar-refractivity contribution in [3.05, 3.63) is 16.5 Å². The summed E-state index contributed by atoms with van der Waals surface area (Å²) >= 11 is 3.34. The Kier molecular flexibility index (Phi) is 6.33. The summed E-state index contributed by atoms with van der Waals surface area (Å²) in [5.74, 6) is 1.62. The number of hydrogen-bond acceptors (Lipinski definition) is 4. The second kappa shape index (κ2) is 7.57. The quantitative estimate of drug-likeness (QED) is 0.598. The van der Waals surface area contributed by atoms with Crippen molar-refractivity contribution in [1.82, 2.24) is 9.97 Å². The SMILES string of the molecule is Cc1nc(Br)cc(NCCCCCCO)n1. The van der Waals surface area contributed by atoms with E-state index >= 15 is 0 Å². The highest BCUT2D eigenvalue weighted by Crippen LogP contribution is 2.12. The molecule has 0 saturated heterocycles. The standard InChI is InChI=1S/C11H18BrN3O/c1-9-14-10(12)8-11(15-9)13-6-4-2-3-5-7-16/h8,16H,2-7H2,1H3,(H,13,14,15). The molecule has 0 unspecified atom stereocenters. The van der Waals surface area contributed by atoms with Crippen LogP contribution in [0.1, 0.15) is 31.5 Å². The maximum atomic E-state index is 8.62. The molecule has 0 aliphatic rings. The average molecular weight is 288 g/mol. The molecule has 4 nitrogen and oxygen atoms in total. The van der Waals surface area contributed by atoms with Crippen molar-refractivity contribution in [3.8, 4) is 0 Å². The van der Waals surface area contributed by atoms with Gasteiger partial charge >= 0.3 is 0 Å². The van der Waals surface area contributed by atoms with Crippen LogP contribution in [0.2, 0.25) is 0 Å². The second-order valence-electron chi connectivity index (χ2n) is 3.69. The van der Waals surface area contributed by atoms with Crippen molar-refractivity contribution in [2.45, 2.75) is 32.6 Å². The molecular weight excluding hydrogens is 270 g/mol. The summed E-state index contributed by atoms with van der Waals surface area (Å²) in [4.78, 5) is 8.42. The Morgan fingerprint density at radius 3 is 2.69 bits per heavy atom. The van der Waals surface area contributed by atoms with Crippen LogP contribution in [0.3, 0.4) is 0 Å². The number of aromatic nitrogens is 2. The zero-order valence-electron chi connectivity index (χ0n) is 9.54. The third kappa shape index (κ3) is 5.42. The van der Waals surface area contributed by atoms with E-state index in [4.69, 9.17) is 5.11 Å². The highest BCUT2D eigenvalue weighted by atomic mass is 79.9. The lowest BCUT2D eigenvalue weighted by Gasteiger charge is -2.06. The Morgan fingerprint density at radius 2 is 2.00 bits per heavy atom. The van der Waals surface area contributed by atoms with E-state index in [1.165, 1.54) is 0 Å². The van der Waals surface area contributed by atoms with Gasteiger partial charge in [-0.1, -0.05) is 12.8 Å². The van der Waals surface area contributed by atoms with Gasteiger partial charge in [0, 0.05) is 19.2 Å². The number of hydrogen-bond donors (Lipinski definition) is 2. The van der Waals surface area contributed by atoms with E-state index in [0.717, 1.165) is 48.5 Å². The van der Waals surface area contributed by atoms with Crippen molar-refractivity contribution in [2.75, 3.05) is 18.5 Å². The van der Waals surface area contributed by atoms with Gasteiger partial charge in [0.05, 0.1) is 0 Å². The van der Waals surface area contributed by atoms with Crippen LogP contribution in [-0.2, 0) is 0 Å². The van der Waals surface area contributed by atoms with Gasteiger partial charge in [0.1, 0.15) is 16.2 Å². The van der Waals surface area contributed by atoms with Crippen LogP contribution in [0, 0.1) is 6.92 Å². The highest BCUT2D eigenvalue weighted by Gasteiger charge is 1.98. The Balaban J connectivity index is 2.21. The number of anilines is 1. The highest BCUT2D eigenvalue weighted by molar-refractivity contribution is 9.10. The Labute approximate surface area is 105 Å². The smallest absolute Gasteiger partial charge is 0.130 e. The third-order valence-corrected chi connectivity index (χ3v) is 2.60. The van der Waals surface area contributed by atoms with E-state index in [2.05, 4.69) is 31.2 Å². The number of aryl methyl sites for hydroxylation is 1. The molecule has 90 valence electrons. The fourth-order valence-corrected chi connectivity index (χ4v) is 1.90. The molecule has 16 heavy (non-hydrogen) atoms. The van der Waals surface area contributed by atoms with Crippen molar-refractivity contribution in [1.29, 1.82) is 0 Å². The number of halogens is 1. The Morgan fingerprint density at radius 1 is 1.25 bits per heavy atom. The normalized spacial score (nSPS) is 10.4. The molecule has 2 N–H and O–H groups in total. The predicted molar refractivity (Wildman–Crippen MR) is 68.5 cm³/mol. The first-order chi connectivity index (χ1) is 7.72. The molecule has 1 heterocycles. The fraction of sp³-hybridized carbons (Fsp3) is 0.636. The largest absolute Gasteiger partial charge is 0.396 e. The minimum atomic E-state index is 0.297. The first kappa shape index (κ1) is 13.4. The lowest BCUT2D eigenvalue weighted by Crippen LogP contribution is -2.05. The molecule has 0 aliphatic carbocycles. The summed E-state index contributed by atoms with van der Waals surface area (Å²) < 4.78 is 0.808. The van der Waals surface area contributed by atoms with Crippen molar-refractivity contribution in [3.63, 3.8) is 0 Å². The topological polar surface area (TPSA) is 58.0 Å². The summed E-state index contributed by atoms with van der Waals surface area (Å²) in [6, 6.07) is 1.88. The summed E-state index contributed by atoms with van der Waals surface area (Å²) in [6.45, 7) is 3.08. The fourth-order valence-electron chi connectivity index (χ4n) is 1.43. The number of aliphatic hydroxyl groups excluding tert-OH is 1. The van der Waals surface area contributed by atoms with Crippen LogP contribution in [-0.4, -0.2) is 28.2 Å². The lowest BCUT2D eigenvalue weighted by atomic mass is 10.2. The van der Waals surface area contributed by atoms with Gasteiger partial charge in [-0.3, -0.25) is 0 Å². The van der Waals surface area contributed by atoms with Crippen molar-refractivity contribution in [2.24, 2.45) is 0 Å². The number of nitrogens with one attached hydrogen (secondary N) is 1. The van der Waals surface area contributed by atoms with Crippen LogP contribution in [0.15, 0.2) is 10.7 Å². The summed E-state index contributed by atoms with van der Waals surface area (Å²) in [7, 11) is 0. The van der Waals surface area contributed by atoms with E-state index in [0.29, 0.717) is 6.61 Å². The van der Waals surface area contributed by atoms with Crippen LogP contribution in [0.25, 0.3) is 0 Å². The van der Waals surface area contributed by atoms with Gasteiger partial charge < -0.3 is 10.4 Å². The van der Waals surface area contributed by atoms with E-state index in [-0.39, 0.29) is 0 Å². The van der Waals surface area contributed by atoms with Gasteiger partial charge in [-0.05, 0) is 35.7 Å². The minimum Gasteiger partial charge on any atom is -0.396 e. The molecule has 0 amide bonds. The van der Waals surface area contributed by atoms with E-state index in [1.807, 2.05) is 13.0 Å². The molecule has 0 atom stereocenters. The third-order valence-electron chi connectivity index (χ3n) is 2.20. The molecule has 0 radical (unpaired) electrons. The van der Waals surface area contributed by atoms with Gasteiger partial charge in [0.2, 0.25) is 0 Å². The molecule has 5 heteroatoms. The van der Waals surface area contributed by atoms with Crippen LogP contribution in [0.5, 0.6) is 0 Å². The maximum Gasteiger partial charge on any atom is 0.130 e. The number of unbranched alkanes of at least 4 members (excludes halogenated alkanes) is 3. The molecule has 0 aromatic carbocycles. The second-order valence-corrected chi connectivity index (χ2v) is 4.50. The van der Waals surface area contributed by atoms with Crippen molar-refractivity contribution >= 4 is 21.7 Å². The minimum absolute atomic E-state index is 0.297. The lowest BCUT2D eigenvalue weighted by molar-refractivity contribution is 0.283. The molecule has 0 fully saturated rings. The Bertz CT molecular complexity index is 300. The summed E-state index contributed by atoms with van der Waals surface area (Å²) in [6.07, 6.45) is 4.22. The van der Waals surface area contributed by atoms with Gasteiger partial charge in [-0.2, -0.15) is 0 Å². The molecule has 1 rings (SSSR count). The maximum absolute atomic E-state index is 8.62. The van der Waals surface area contributed by atoms with Crippen LogP contribution < -0.4 is 5.32 Å². The number of rotatable bonds is 7. The van der Waals surface area contributed by atoms with E-state index in [1.54, 1.807) is 0 Å². The number of nitrogens with zero attached hydrogens (tertiary/aromatic N) is 2. The monoisotopic (exact) mass is 287 g/mol. The van der Waals surface area contributed by atoms with Gasteiger partial charge in [0.25, 0.3) is 0 Å². The van der Waals surface area contributed by atoms with Crippen LogP contribution >= 0.6 is 15.9 Å². The summed E-state index contributed by atoms with van der Waals surface area (Å²) in [5.41, 5.74) is 0. The van der Waals surface area contributed by atoms with Gasteiger partial charge in [0.15, 0.2) is 0 Å². The molecule has 1 aromatic rings. The first-order valence-corrected chi connectivity index (χ1v) is 6.37. The molecule has 0 aliphatic heterocycles. The molecule has 0 spiro atoms. The average Bonchev–Trinajstić information content (AvgIpc) is 2.22. The molecule has 0 bridgehead atoms. The zero-order chi connectivity index (χ0) is 11.8. The summed E-state index contributed by atoms with van der Waals surface area (Å²) in [5, 5.41) is 11.9. The van der Waals surface area contributed by atoms with Gasteiger partial charge in [-0.25, -0.2) is 9.97 Å². The first-order valence-electron chi connectivity index (χ1n) is 5.58. The van der Waals surface area contributed by atoms with E-state index in [9.17, 15) is 0 Å². The van der Waals surface area contributed by atoms with Crippen molar-refractivity contribution < 1.29 is 5.11 Å². The van der Waals surface area contributed by atoms with Gasteiger partial charge in [-0.15, -0.1) is 0 Å². The molecule has 1 aromatic heterocycles. The predicted octanol–water partition coefficient (Wildman–Crippen LogP) is 2.51.